The number of hydrogen-bond donors (Lipinski definition) is 2. The van der Waals surface area contributed by atoms with Crippen LogP contribution in [0.5, 0.6) is 11.5 Å². The van der Waals surface area contributed by atoms with E-state index in [4.69, 9.17) is 19.7 Å². The fourth-order valence-corrected chi connectivity index (χ4v) is 3.24. The fraction of sp³-hybridized carbons (Fsp3) is 0.333. The van der Waals surface area contributed by atoms with Crippen LogP contribution in [0.3, 0.4) is 0 Å². The number of ether oxygens (including phenoxy) is 2. The molecule has 176 valence electrons. The molecule has 2 N–H and O–H groups in total. The van der Waals surface area contributed by atoms with Crippen molar-refractivity contribution in [3.63, 3.8) is 0 Å². The number of aliphatic hydroxyl groups excluding tert-OH is 2. The van der Waals surface area contributed by atoms with Crippen molar-refractivity contribution in [2.75, 3.05) is 13.2 Å². The fourth-order valence-electron chi connectivity index (χ4n) is 3.24. The van der Waals surface area contributed by atoms with Crippen LogP contribution in [0.25, 0.3) is 11.1 Å². The van der Waals surface area contributed by atoms with E-state index in [1.165, 1.54) is 19.3 Å². The lowest BCUT2D eigenvalue weighted by Crippen LogP contribution is -2.13. The summed E-state index contributed by atoms with van der Waals surface area (Å²) < 4.78 is 10.7. The molecule has 2 aromatic rings. The summed E-state index contributed by atoms with van der Waals surface area (Å²) >= 11 is 0. The van der Waals surface area contributed by atoms with Crippen LogP contribution in [0.1, 0.15) is 44.6 Å². The van der Waals surface area contributed by atoms with Gasteiger partial charge in [-0.3, -0.25) is 0 Å². The minimum Gasteiger partial charge on any atom is -0.423 e. The molecule has 0 fully saturated rings. The van der Waals surface area contributed by atoms with Crippen molar-refractivity contribution in [1.29, 1.82) is 0 Å². The molecule has 0 aliphatic carbocycles. The van der Waals surface area contributed by atoms with E-state index in [2.05, 4.69) is 20.1 Å². The zero-order valence-corrected chi connectivity index (χ0v) is 19.1. The lowest BCUT2D eigenvalue weighted by atomic mass is 9.95. The van der Waals surface area contributed by atoms with Gasteiger partial charge in [0.25, 0.3) is 0 Å². The van der Waals surface area contributed by atoms with Gasteiger partial charge in [-0.05, 0) is 53.8 Å². The summed E-state index contributed by atoms with van der Waals surface area (Å²) in [5.41, 5.74) is 2.65. The van der Waals surface area contributed by atoms with E-state index in [-0.39, 0.29) is 11.1 Å². The standard InChI is InChI=1S/C27H32O6/c1-4-5-6-7-8-10-21-13-14-24(33-27(31)20(3)18-29)16-25(21)22-11-9-12-23(15-22)32-26(30)19(2)17-28/h9,11-16,28-29H,2-8,10,17-18H2,1H3. The van der Waals surface area contributed by atoms with Gasteiger partial charge in [0.15, 0.2) is 0 Å². The number of carbonyl (C=O) groups excluding carboxylic acids is 2. The van der Waals surface area contributed by atoms with Crippen molar-refractivity contribution < 1.29 is 29.3 Å². The van der Waals surface area contributed by atoms with Gasteiger partial charge in [0.1, 0.15) is 11.5 Å². The summed E-state index contributed by atoms with van der Waals surface area (Å²) in [5, 5.41) is 18.2. The second kappa shape index (κ2) is 13.4. The second-order valence-electron chi connectivity index (χ2n) is 7.81. The maximum atomic E-state index is 12.0. The van der Waals surface area contributed by atoms with Crippen molar-refractivity contribution in [2.45, 2.75) is 45.4 Å². The van der Waals surface area contributed by atoms with Crippen LogP contribution < -0.4 is 9.47 Å². The molecule has 6 heteroatoms. The number of esters is 2. The number of unbranched alkanes of at least 4 members (excludes halogenated alkanes) is 4. The van der Waals surface area contributed by atoms with E-state index in [0.29, 0.717) is 11.5 Å². The van der Waals surface area contributed by atoms with E-state index in [1.807, 2.05) is 12.1 Å². The summed E-state index contributed by atoms with van der Waals surface area (Å²) in [7, 11) is 0. The van der Waals surface area contributed by atoms with E-state index in [1.54, 1.807) is 30.3 Å². The van der Waals surface area contributed by atoms with Crippen molar-refractivity contribution >= 4 is 11.9 Å². The van der Waals surface area contributed by atoms with Crippen molar-refractivity contribution in [3.05, 3.63) is 72.3 Å². The Labute approximate surface area is 195 Å². The number of aliphatic hydroxyl groups is 2. The number of benzene rings is 2. The first-order valence-electron chi connectivity index (χ1n) is 11.1. The summed E-state index contributed by atoms with van der Waals surface area (Å²) in [4.78, 5) is 24.0. The monoisotopic (exact) mass is 452 g/mol. The van der Waals surface area contributed by atoms with Gasteiger partial charge in [0.05, 0.1) is 24.4 Å². The molecule has 2 rings (SSSR count). The smallest absolute Gasteiger partial charge is 0.341 e. The molecule has 0 unspecified atom stereocenters. The van der Waals surface area contributed by atoms with Crippen LogP contribution >= 0.6 is 0 Å². The largest absolute Gasteiger partial charge is 0.423 e. The molecular formula is C27H32O6. The lowest BCUT2D eigenvalue weighted by Gasteiger charge is -2.14. The Morgan fingerprint density at radius 3 is 2.03 bits per heavy atom. The third kappa shape index (κ3) is 8.00. The summed E-state index contributed by atoms with van der Waals surface area (Å²) in [6.45, 7) is 8.20. The van der Waals surface area contributed by atoms with E-state index < -0.39 is 25.2 Å². The second-order valence-corrected chi connectivity index (χ2v) is 7.81. The van der Waals surface area contributed by atoms with Gasteiger partial charge in [0, 0.05) is 0 Å². The van der Waals surface area contributed by atoms with Gasteiger partial charge in [-0.15, -0.1) is 0 Å². The molecule has 0 aliphatic rings. The average molecular weight is 453 g/mol. The zero-order valence-electron chi connectivity index (χ0n) is 19.1. The molecule has 0 radical (unpaired) electrons. The predicted octanol–water partition coefficient (Wildman–Crippen LogP) is 4.77. The maximum absolute atomic E-state index is 12.0. The molecule has 0 aromatic heterocycles. The number of aryl methyl sites for hydroxylation is 1. The first-order chi connectivity index (χ1) is 15.9. The SMILES string of the molecule is C=C(CO)C(=O)Oc1cccc(-c2cc(OC(=O)C(=C)CO)ccc2CCCCCCC)c1. The molecule has 0 spiro atoms. The van der Waals surface area contributed by atoms with Crippen LogP contribution in [0, 0.1) is 0 Å². The van der Waals surface area contributed by atoms with E-state index >= 15 is 0 Å². The summed E-state index contributed by atoms with van der Waals surface area (Å²) in [5.74, 6) is -0.746. The normalized spacial score (nSPS) is 10.5. The van der Waals surface area contributed by atoms with Crippen LogP contribution in [0.2, 0.25) is 0 Å². The Morgan fingerprint density at radius 2 is 1.42 bits per heavy atom. The molecule has 33 heavy (non-hydrogen) atoms. The minimum absolute atomic E-state index is 0.0328. The van der Waals surface area contributed by atoms with Crippen molar-refractivity contribution in [1.82, 2.24) is 0 Å². The molecule has 2 aromatic carbocycles. The molecule has 0 bridgehead atoms. The van der Waals surface area contributed by atoms with Crippen LogP contribution in [-0.2, 0) is 16.0 Å². The minimum atomic E-state index is -0.698. The van der Waals surface area contributed by atoms with Gasteiger partial charge >= 0.3 is 11.9 Å². The number of hydrogen-bond acceptors (Lipinski definition) is 6. The van der Waals surface area contributed by atoms with Crippen LogP contribution in [0.4, 0.5) is 0 Å². The van der Waals surface area contributed by atoms with Gasteiger partial charge in [-0.1, -0.05) is 64.0 Å². The molecule has 0 heterocycles. The molecule has 0 saturated carbocycles. The first-order valence-corrected chi connectivity index (χ1v) is 11.1. The Morgan fingerprint density at radius 1 is 0.818 bits per heavy atom. The quantitative estimate of drug-likeness (QED) is 0.197. The molecule has 6 nitrogen and oxygen atoms in total. The molecular weight excluding hydrogens is 420 g/mol. The Balaban J connectivity index is 2.33. The average Bonchev–Trinajstić information content (AvgIpc) is 2.83. The van der Waals surface area contributed by atoms with Gasteiger partial charge in [-0.25, -0.2) is 9.59 Å². The van der Waals surface area contributed by atoms with Gasteiger partial charge < -0.3 is 19.7 Å². The summed E-state index contributed by atoms with van der Waals surface area (Å²) in [6.07, 6.45) is 6.58. The number of carbonyl (C=O) groups is 2. The third-order valence-corrected chi connectivity index (χ3v) is 5.16. The number of rotatable bonds is 13. The highest BCUT2D eigenvalue weighted by atomic mass is 16.5. The highest BCUT2D eigenvalue weighted by Crippen LogP contribution is 2.32. The maximum Gasteiger partial charge on any atom is 0.341 e. The zero-order chi connectivity index (χ0) is 24.2. The van der Waals surface area contributed by atoms with Gasteiger partial charge in [-0.2, -0.15) is 0 Å². The van der Waals surface area contributed by atoms with Crippen LogP contribution in [0.15, 0.2) is 66.8 Å². The Hall–Kier alpha value is -3.22. The Kier molecular flexibility index (Phi) is 10.5. The Bertz CT molecular complexity index is 992. The van der Waals surface area contributed by atoms with Crippen molar-refractivity contribution in [2.24, 2.45) is 0 Å². The van der Waals surface area contributed by atoms with Crippen molar-refractivity contribution in [3.8, 4) is 22.6 Å². The molecule has 0 aliphatic heterocycles. The molecule has 0 atom stereocenters. The highest BCUT2D eigenvalue weighted by molar-refractivity contribution is 5.90. The van der Waals surface area contributed by atoms with Crippen LogP contribution in [-0.4, -0.2) is 35.4 Å². The highest BCUT2D eigenvalue weighted by Gasteiger charge is 2.14. The first kappa shape index (κ1) is 26.0. The van der Waals surface area contributed by atoms with E-state index in [0.717, 1.165) is 36.0 Å². The predicted molar refractivity (Wildman–Crippen MR) is 128 cm³/mol. The molecule has 0 amide bonds. The third-order valence-electron chi connectivity index (χ3n) is 5.16. The molecule has 0 saturated heterocycles. The lowest BCUT2D eigenvalue weighted by molar-refractivity contribution is -0.131. The summed E-state index contributed by atoms with van der Waals surface area (Å²) in [6, 6.07) is 12.4. The topological polar surface area (TPSA) is 93.1 Å². The van der Waals surface area contributed by atoms with E-state index in [9.17, 15) is 9.59 Å². The van der Waals surface area contributed by atoms with Gasteiger partial charge in [0.2, 0.25) is 0 Å².